The Bertz CT molecular complexity index is 377. The zero-order valence-corrected chi connectivity index (χ0v) is 11.2. The van der Waals surface area contributed by atoms with Gasteiger partial charge in [0, 0.05) is 25.3 Å². The number of pyridine rings is 1. The number of hydrogen-bond donors (Lipinski definition) is 1. The summed E-state index contributed by atoms with van der Waals surface area (Å²) in [4.78, 5) is 7.09. The lowest BCUT2D eigenvalue weighted by Crippen LogP contribution is -2.28. The van der Waals surface area contributed by atoms with Gasteiger partial charge in [0.25, 0.3) is 0 Å². The second-order valence-electron chi connectivity index (χ2n) is 6.03. The lowest BCUT2D eigenvalue weighted by Gasteiger charge is -2.24. The van der Waals surface area contributed by atoms with E-state index in [9.17, 15) is 0 Å². The molecule has 3 heteroatoms. The Morgan fingerprint density at radius 3 is 2.22 bits per heavy atom. The summed E-state index contributed by atoms with van der Waals surface area (Å²) in [7, 11) is 0. The maximum absolute atomic E-state index is 5.87. The Morgan fingerprint density at radius 2 is 1.83 bits per heavy atom. The quantitative estimate of drug-likeness (QED) is 0.838. The standard InChI is InChI=1S/C15H23N3/c1-11(16)14-6-7-15(17-8-14)18(9-12-2-3-12)10-13-4-5-13/h6-8,11-13H,2-5,9-10,16H2,1H3/t11-/m1/s1. The van der Waals surface area contributed by atoms with E-state index in [-0.39, 0.29) is 6.04 Å². The minimum Gasteiger partial charge on any atom is -0.356 e. The summed E-state index contributed by atoms with van der Waals surface area (Å²) in [6, 6.07) is 4.34. The van der Waals surface area contributed by atoms with Crippen LogP contribution in [0.15, 0.2) is 18.3 Å². The molecule has 0 aliphatic heterocycles. The van der Waals surface area contributed by atoms with Crippen LogP contribution in [-0.2, 0) is 0 Å². The van der Waals surface area contributed by atoms with Gasteiger partial charge in [-0.1, -0.05) is 6.07 Å². The zero-order chi connectivity index (χ0) is 12.5. The molecule has 3 nitrogen and oxygen atoms in total. The van der Waals surface area contributed by atoms with Crippen LogP contribution in [0.3, 0.4) is 0 Å². The average Bonchev–Trinajstić information content (AvgIpc) is 3.23. The Hall–Kier alpha value is -1.09. The van der Waals surface area contributed by atoms with E-state index in [4.69, 9.17) is 5.73 Å². The molecule has 1 heterocycles. The van der Waals surface area contributed by atoms with Gasteiger partial charge in [0.05, 0.1) is 0 Å². The fraction of sp³-hybridized carbons (Fsp3) is 0.667. The Kier molecular flexibility index (Phi) is 3.25. The third-order valence-corrected chi connectivity index (χ3v) is 3.97. The third-order valence-electron chi connectivity index (χ3n) is 3.97. The summed E-state index contributed by atoms with van der Waals surface area (Å²) < 4.78 is 0. The van der Waals surface area contributed by atoms with E-state index in [2.05, 4.69) is 22.0 Å². The van der Waals surface area contributed by atoms with Crippen molar-refractivity contribution in [1.29, 1.82) is 0 Å². The lowest BCUT2D eigenvalue weighted by atomic mass is 10.1. The van der Waals surface area contributed by atoms with Crippen molar-refractivity contribution in [2.75, 3.05) is 18.0 Å². The molecule has 2 N–H and O–H groups in total. The fourth-order valence-electron chi connectivity index (χ4n) is 2.34. The van der Waals surface area contributed by atoms with Crippen LogP contribution in [-0.4, -0.2) is 18.1 Å². The van der Waals surface area contributed by atoms with Gasteiger partial charge in [0.1, 0.15) is 5.82 Å². The molecule has 2 aliphatic carbocycles. The van der Waals surface area contributed by atoms with Crippen molar-refractivity contribution < 1.29 is 0 Å². The van der Waals surface area contributed by atoms with Gasteiger partial charge in [-0.05, 0) is 56.1 Å². The lowest BCUT2D eigenvalue weighted by molar-refractivity contribution is 0.670. The molecule has 1 aromatic rings. The van der Waals surface area contributed by atoms with E-state index < -0.39 is 0 Å². The van der Waals surface area contributed by atoms with Gasteiger partial charge >= 0.3 is 0 Å². The predicted molar refractivity (Wildman–Crippen MR) is 74.5 cm³/mol. The first-order valence-electron chi connectivity index (χ1n) is 7.19. The molecule has 2 saturated carbocycles. The normalized spacial score (nSPS) is 20.8. The highest BCUT2D eigenvalue weighted by molar-refractivity contribution is 5.40. The first kappa shape index (κ1) is 12.0. The second kappa shape index (κ2) is 4.88. The monoisotopic (exact) mass is 245 g/mol. The highest BCUT2D eigenvalue weighted by Crippen LogP contribution is 2.35. The van der Waals surface area contributed by atoms with Crippen LogP contribution in [0.4, 0.5) is 5.82 Å². The van der Waals surface area contributed by atoms with Crippen LogP contribution in [0.2, 0.25) is 0 Å². The van der Waals surface area contributed by atoms with Gasteiger partial charge in [-0.3, -0.25) is 0 Å². The van der Waals surface area contributed by atoms with Crippen LogP contribution < -0.4 is 10.6 Å². The molecule has 0 unspecified atom stereocenters. The van der Waals surface area contributed by atoms with Crippen molar-refractivity contribution in [2.45, 2.75) is 38.6 Å². The van der Waals surface area contributed by atoms with E-state index in [0.29, 0.717) is 0 Å². The Balaban J connectivity index is 1.70. The molecule has 0 spiro atoms. The maximum Gasteiger partial charge on any atom is 0.128 e. The van der Waals surface area contributed by atoms with Crippen molar-refractivity contribution in [3.63, 3.8) is 0 Å². The van der Waals surface area contributed by atoms with Gasteiger partial charge in [0.2, 0.25) is 0 Å². The van der Waals surface area contributed by atoms with Crippen LogP contribution >= 0.6 is 0 Å². The molecule has 1 aromatic heterocycles. The number of nitrogens with zero attached hydrogens (tertiary/aromatic N) is 2. The largest absolute Gasteiger partial charge is 0.356 e. The van der Waals surface area contributed by atoms with Crippen LogP contribution in [0.5, 0.6) is 0 Å². The molecule has 98 valence electrons. The number of hydrogen-bond acceptors (Lipinski definition) is 3. The molecule has 0 bridgehead atoms. The van der Waals surface area contributed by atoms with Crippen molar-refractivity contribution in [3.8, 4) is 0 Å². The van der Waals surface area contributed by atoms with E-state index in [1.54, 1.807) is 0 Å². The molecular formula is C15H23N3. The summed E-state index contributed by atoms with van der Waals surface area (Å²) in [5.74, 6) is 2.97. The summed E-state index contributed by atoms with van der Waals surface area (Å²) in [6.45, 7) is 4.39. The molecule has 0 saturated heterocycles. The molecule has 1 atom stereocenters. The van der Waals surface area contributed by atoms with Crippen molar-refractivity contribution >= 4 is 5.82 Å². The van der Waals surface area contributed by atoms with Crippen molar-refractivity contribution in [1.82, 2.24) is 4.98 Å². The van der Waals surface area contributed by atoms with Gasteiger partial charge < -0.3 is 10.6 Å². The SMILES string of the molecule is C[C@@H](N)c1ccc(N(CC2CC2)CC2CC2)nc1. The van der Waals surface area contributed by atoms with Crippen LogP contribution in [0.1, 0.15) is 44.2 Å². The Morgan fingerprint density at radius 1 is 1.22 bits per heavy atom. The minimum atomic E-state index is 0.0758. The molecule has 0 amide bonds. The molecule has 3 rings (SSSR count). The summed E-state index contributed by atoms with van der Waals surface area (Å²) in [6.07, 6.45) is 7.54. The predicted octanol–water partition coefficient (Wildman–Crippen LogP) is 2.73. The molecule has 0 aromatic carbocycles. The van der Waals surface area contributed by atoms with Crippen LogP contribution in [0.25, 0.3) is 0 Å². The molecule has 2 fully saturated rings. The second-order valence-corrected chi connectivity index (χ2v) is 6.03. The zero-order valence-electron chi connectivity index (χ0n) is 11.2. The number of anilines is 1. The number of rotatable bonds is 6. The van der Waals surface area contributed by atoms with Gasteiger partial charge in [0.15, 0.2) is 0 Å². The highest BCUT2D eigenvalue weighted by Gasteiger charge is 2.29. The van der Waals surface area contributed by atoms with E-state index in [0.717, 1.165) is 23.2 Å². The van der Waals surface area contributed by atoms with Gasteiger partial charge in [-0.25, -0.2) is 4.98 Å². The third kappa shape index (κ3) is 3.02. The fourth-order valence-corrected chi connectivity index (χ4v) is 2.34. The number of aromatic nitrogens is 1. The summed E-state index contributed by atoms with van der Waals surface area (Å²) in [5.41, 5.74) is 6.99. The summed E-state index contributed by atoms with van der Waals surface area (Å²) >= 11 is 0. The minimum absolute atomic E-state index is 0.0758. The Labute approximate surface area is 109 Å². The van der Waals surface area contributed by atoms with Crippen molar-refractivity contribution in [3.05, 3.63) is 23.9 Å². The molecular weight excluding hydrogens is 222 g/mol. The average molecular weight is 245 g/mol. The van der Waals surface area contributed by atoms with E-state index >= 15 is 0 Å². The highest BCUT2D eigenvalue weighted by atomic mass is 15.2. The van der Waals surface area contributed by atoms with Gasteiger partial charge in [-0.2, -0.15) is 0 Å². The first-order valence-corrected chi connectivity index (χ1v) is 7.19. The van der Waals surface area contributed by atoms with Gasteiger partial charge in [-0.15, -0.1) is 0 Å². The molecule has 0 radical (unpaired) electrons. The number of nitrogens with two attached hydrogens (primary N) is 1. The maximum atomic E-state index is 5.87. The molecule has 18 heavy (non-hydrogen) atoms. The van der Waals surface area contributed by atoms with E-state index in [1.807, 2.05) is 13.1 Å². The smallest absolute Gasteiger partial charge is 0.128 e. The van der Waals surface area contributed by atoms with Crippen molar-refractivity contribution in [2.24, 2.45) is 17.6 Å². The van der Waals surface area contributed by atoms with E-state index in [1.165, 1.54) is 38.8 Å². The molecule has 2 aliphatic rings. The first-order chi connectivity index (χ1) is 8.72. The topological polar surface area (TPSA) is 42.1 Å². The van der Waals surface area contributed by atoms with Crippen LogP contribution in [0, 0.1) is 11.8 Å². The summed E-state index contributed by atoms with van der Waals surface area (Å²) in [5, 5.41) is 0.